The van der Waals surface area contributed by atoms with Crippen LogP contribution in [-0.4, -0.2) is 24.4 Å². The van der Waals surface area contributed by atoms with Gasteiger partial charge in [-0.2, -0.15) is 0 Å². The molecule has 1 atom stereocenters. The zero-order valence-corrected chi connectivity index (χ0v) is 15.4. The molecule has 3 N–H and O–H groups in total. The van der Waals surface area contributed by atoms with Crippen molar-refractivity contribution in [1.29, 1.82) is 0 Å². The maximum atomic E-state index is 12.3. The summed E-state index contributed by atoms with van der Waals surface area (Å²) in [7, 11) is 0. The number of carbonyl (C=O) groups excluding carboxylic acids is 3. The first-order chi connectivity index (χ1) is 13.1. The molecular weight excluding hydrogens is 346 g/mol. The molecule has 3 rings (SSSR count). The van der Waals surface area contributed by atoms with Gasteiger partial charge < -0.3 is 5.32 Å². The Morgan fingerprint density at radius 3 is 2.59 bits per heavy atom. The Labute approximate surface area is 158 Å². The second-order valence-corrected chi connectivity index (χ2v) is 7.15. The molecule has 1 saturated carbocycles. The van der Waals surface area contributed by atoms with Gasteiger partial charge in [0.2, 0.25) is 5.91 Å². The largest absolute Gasteiger partial charge is 0.359 e. The summed E-state index contributed by atoms with van der Waals surface area (Å²) in [5.41, 5.74) is 5.60. The van der Waals surface area contributed by atoms with Crippen molar-refractivity contribution < 1.29 is 14.4 Å². The van der Waals surface area contributed by atoms with Gasteiger partial charge in [0.25, 0.3) is 0 Å². The third-order valence-electron chi connectivity index (χ3n) is 5.44. The molecule has 1 unspecified atom stereocenters. The van der Waals surface area contributed by atoms with E-state index in [0.717, 1.165) is 18.8 Å². The molecule has 27 heavy (non-hydrogen) atoms. The van der Waals surface area contributed by atoms with Gasteiger partial charge in [0.15, 0.2) is 0 Å². The molecule has 3 aliphatic rings. The van der Waals surface area contributed by atoms with Crippen molar-refractivity contribution in [2.45, 2.75) is 39.0 Å². The Morgan fingerprint density at radius 2 is 1.85 bits per heavy atom. The minimum absolute atomic E-state index is 0.120. The van der Waals surface area contributed by atoms with Gasteiger partial charge in [-0.25, -0.2) is 4.79 Å². The first-order valence-corrected chi connectivity index (χ1v) is 9.47. The van der Waals surface area contributed by atoms with Crippen molar-refractivity contribution in [3.05, 3.63) is 35.6 Å². The minimum atomic E-state index is -0.700. The number of nitrogens with zero attached hydrogens (tertiary/aromatic N) is 2. The molecule has 8 nitrogen and oxygen atoms in total. The molecule has 0 radical (unpaired) electrons. The molecule has 0 aromatic heterocycles. The van der Waals surface area contributed by atoms with Crippen LogP contribution in [0.25, 0.3) is 0 Å². The van der Waals surface area contributed by atoms with Gasteiger partial charge in [0, 0.05) is 6.54 Å². The fourth-order valence-electron chi connectivity index (χ4n) is 3.71. The summed E-state index contributed by atoms with van der Waals surface area (Å²) in [5.74, 6) is -0.233. The van der Waals surface area contributed by atoms with E-state index in [-0.39, 0.29) is 11.6 Å². The number of rotatable bonds is 4. The van der Waals surface area contributed by atoms with Crippen molar-refractivity contribution >= 4 is 17.8 Å². The van der Waals surface area contributed by atoms with Gasteiger partial charge in [-0.1, -0.05) is 60.7 Å². The summed E-state index contributed by atoms with van der Waals surface area (Å²) in [6, 6.07) is -0.623. The third-order valence-corrected chi connectivity index (χ3v) is 5.44. The highest BCUT2D eigenvalue weighted by Crippen LogP contribution is 2.30. The van der Waals surface area contributed by atoms with E-state index in [1.165, 1.54) is 19.3 Å². The number of carbonyl (C=O) groups is 3. The van der Waals surface area contributed by atoms with Crippen LogP contribution < -0.4 is 16.2 Å². The third kappa shape index (κ3) is 4.69. The van der Waals surface area contributed by atoms with Crippen LogP contribution in [0.5, 0.6) is 0 Å². The Kier molecular flexibility index (Phi) is 6.16. The molecule has 144 valence electrons. The van der Waals surface area contributed by atoms with Gasteiger partial charge in [-0.3, -0.25) is 20.4 Å². The van der Waals surface area contributed by atoms with Crippen LogP contribution >= 0.6 is 0 Å². The SMILES string of the molecule is CCC1CCC(CNC(=O)N=NC(=O)C2=C3C=CC=CC3C(=O)NN2)CC1. The highest BCUT2D eigenvalue weighted by molar-refractivity contribution is 5.99. The molecule has 0 spiro atoms. The molecule has 0 saturated heterocycles. The standard InChI is InChI=1S/C19H25N5O3/c1-2-12-7-9-13(10-8-12)11-20-19(27)24-23-18(26)16-14-5-3-4-6-15(14)17(25)22-21-16/h3-6,12-13,15,21H,2,7-11H2,1H3,(H,20,27)(H,22,25). The molecule has 1 heterocycles. The Hall–Kier alpha value is -2.77. The lowest BCUT2D eigenvalue weighted by atomic mass is 9.81. The summed E-state index contributed by atoms with van der Waals surface area (Å²) < 4.78 is 0. The molecule has 0 aromatic rings. The molecule has 1 aliphatic heterocycles. The van der Waals surface area contributed by atoms with Gasteiger partial charge in [0.1, 0.15) is 5.70 Å². The normalized spacial score (nSPS) is 27.1. The quantitative estimate of drug-likeness (QED) is 0.659. The second-order valence-electron chi connectivity index (χ2n) is 7.15. The van der Waals surface area contributed by atoms with E-state index in [9.17, 15) is 14.4 Å². The average Bonchev–Trinajstić information content (AvgIpc) is 2.71. The minimum Gasteiger partial charge on any atom is -0.335 e. The lowest BCUT2D eigenvalue weighted by Crippen LogP contribution is -2.48. The van der Waals surface area contributed by atoms with Crippen molar-refractivity contribution in [3.8, 4) is 0 Å². The molecule has 2 aliphatic carbocycles. The van der Waals surface area contributed by atoms with E-state index in [0.29, 0.717) is 18.0 Å². The van der Waals surface area contributed by atoms with Crippen LogP contribution in [0.2, 0.25) is 0 Å². The Balaban J connectivity index is 1.52. The monoisotopic (exact) mass is 371 g/mol. The van der Waals surface area contributed by atoms with Crippen LogP contribution in [0.15, 0.2) is 45.8 Å². The van der Waals surface area contributed by atoms with E-state index < -0.39 is 17.9 Å². The summed E-state index contributed by atoms with van der Waals surface area (Å²) in [4.78, 5) is 36.0. The topological polar surface area (TPSA) is 112 Å². The highest BCUT2D eigenvalue weighted by Gasteiger charge is 2.30. The number of amides is 4. The molecule has 0 aromatic carbocycles. The van der Waals surface area contributed by atoms with E-state index in [1.54, 1.807) is 24.3 Å². The maximum absolute atomic E-state index is 12.3. The predicted molar refractivity (Wildman–Crippen MR) is 99.1 cm³/mol. The number of hydrazine groups is 1. The van der Waals surface area contributed by atoms with Gasteiger partial charge in [0.05, 0.1) is 5.92 Å². The summed E-state index contributed by atoms with van der Waals surface area (Å²) in [5, 5.41) is 9.69. The van der Waals surface area contributed by atoms with Crippen molar-refractivity contribution in [3.63, 3.8) is 0 Å². The van der Waals surface area contributed by atoms with Crippen LogP contribution in [0.3, 0.4) is 0 Å². The molecule has 0 bridgehead atoms. The smallest absolute Gasteiger partial charge is 0.335 e. The molecular formula is C19H25N5O3. The zero-order chi connectivity index (χ0) is 19.2. The van der Waals surface area contributed by atoms with Gasteiger partial charge in [-0.05, 0) is 30.3 Å². The maximum Gasteiger partial charge on any atom is 0.359 e. The van der Waals surface area contributed by atoms with E-state index in [2.05, 4.69) is 33.3 Å². The van der Waals surface area contributed by atoms with Crippen LogP contribution in [-0.2, 0) is 9.59 Å². The number of azo groups is 1. The summed E-state index contributed by atoms with van der Waals surface area (Å²) >= 11 is 0. The fourth-order valence-corrected chi connectivity index (χ4v) is 3.71. The number of hydrogen-bond acceptors (Lipinski definition) is 4. The average molecular weight is 371 g/mol. The van der Waals surface area contributed by atoms with Crippen molar-refractivity contribution in [2.24, 2.45) is 28.0 Å². The molecule has 8 heteroatoms. The van der Waals surface area contributed by atoms with E-state index >= 15 is 0 Å². The molecule has 1 fully saturated rings. The van der Waals surface area contributed by atoms with Gasteiger partial charge >= 0.3 is 11.9 Å². The van der Waals surface area contributed by atoms with Gasteiger partial charge in [-0.15, -0.1) is 0 Å². The highest BCUT2D eigenvalue weighted by atomic mass is 16.2. The fraction of sp³-hybridized carbons (Fsp3) is 0.526. The van der Waals surface area contributed by atoms with Crippen LogP contribution in [0.1, 0.15) is 39.0 Å². The first kappa shape index (κ1) is 19.0. The summed E-state index contributed by atoms with van der Waals surface area (Å²) in [6.07, 6.45) is 12.7. The number of nitrogens with one attached hydrogen (secondary N) is 3. The molecule has 4 amide bonds. The van der Waals surface area contributed by atoms with Crippen LogP contribution in [0, 0.1) is 17.8 Å². The zero-order valence-electron chi connectivity index (χ0n) is 15.4. The van der Waals surface area contributed by atoms with Crippen LogP contribution in [0.4, 0.5) is 4.79 Å². The lowest BCUT2D eigenvalue weighted by molar-refractivity contribution is -0.124. The first-order valence-electron chi connectivity index (χ1n) is 9.47. The number of fused-ring (bicyclic) bond motifs is 1. The van der Waals surface area contributed by atoms with Crippen molar-refractivity contribution in [2.75, 3.05) is 6.54 Å². The Morgan fingerprint density at radius 1 is 1.11 bits per heavy atom. The van der Waals surface area contributed by atoms with Crippen molar-refractivity contribution in [1.82, 2.24) is 16.2 Å². The summed E-state index contributed by atoms with van der Waals surface area (Å²) in [6.45, 7) is 2.77. The van der Waals surface area contributed by atoms with E-state index in [1.807, 2.05) is 0 Å². The van der Waals surface area contributed by atoms with E-state index in [4.69, 9.17) is 0 Å². The number of urea groups is 1. The number of allylic oxidation sites excluding steroid dienone is 3. The predicted octanol–water partition coefficient (Wildman–Crippen LogP) is 2.52. The Bertz CT molecular complexity index is 730. The lowest BCUT2D eigenvalue weighted by Gasteiger charge is -2.27. The number of hydrogen-bond donors (Lipinski definition) is 3. The second kappa shape index (κ2) is 8.75.